The summed E-state index contributed by atoms with van der Waals surface area (Å²) >= 11 is 0. The first-order chi connectivity index (χ1) is 9.45. The molecule has 4 nitrogen and oxygen atoms in total. The van der Waals surface area contributed by atoms with Crippen LogP contribution in [-0.4, -0.2) is 37.0 Å². The molecule has 0 radical (unpaired) electrons. The number of piperidine rings is 1. The zero-order chi connectivity index (χ0) is 14.9. The number of rotatable bonds is 2. The average molecular weight is 279 g/mol. The lowest BCUT2D eigenvalue weighted by atomic mass is 9.77. The van der Waals surface area contributed by atoms with Crippen molar-refractivity contribution in [3.8, 4) is 0 Å². The molecule has 0 bridgehead atoms. The summed E-state index contributed by atoms with van der Waals surface area (Å²) in [5, 5.41) is 0. The van der Waals surface area contributed by atoms with Gasteiger partial charge in [-0.05, 0) is 31.0 Å². The van der Waals surface area contributed by atoms with Gasteiger partial charge in [-0.2, -0.15) is 0 Å². The number of halogens is 1. The summed E-state index contributed by atoms with van der Waals surface area (Å²) in [6, 6.07) is 5.97. The van der Waals surface area contributed by atoms with E-state index in [9.17, 15) is 14.0 Å². The molecule has 1 aliphatic heterocycles. The van der Waals surface area contributed by atoms with Crippen LogP contribution in [0, 0.1) is 11.7 Å². The number of ether oxygens (including phenoxy) is 1. The standard InChI is InChI=1S/C15H18FNO3/c1-9-8-12(10-4-6-11(16)7-5-10)13(15(19)20-3)14(18)17(9)2/h4-7,9,12-13H,8H2,1-3H3/t9?,12-,13-/m0/s1. The second-order valence-electron chi connectivity index (χ2n) is 5.19. The van der Waals surface area contributed by atoms with Crippen LogP contribution in [0.5, 0.6) is 0 Å². The normalized spacial score (nSPS) is 26.5. The van der Waals surface area contributed by atoms with Crippen molar-refractivity contribution < 1.29 is 18.7 Å². The maximum atomic E-state index is 13.0. The molecule has 0 aliphatic carbocycles. The molecule has 1 saturated heterocycles. The van der Waals surface area contributed by atoms with Crippen molar-refractivity contribution in [2.24, 2.45) is 5.92 Å². The van der Waals surface area contributed by atoms with E-state index in [1.807, 2.05) is 6.92 Å². The molecule has 0 saturated carbocycles. The van der Waals surface area contributed by atoms with Crippen LogP contribution in [0.1, 0.15) is 24.8 Å². The number of esters is 1. The third-order valence-corrected chi connectivity index (χ3v) is 4.03. The molecule has 1 aliphatic rings. The van der Waals surface area contributed by atoms with Gasteiger partial charge in [-0.3, -0.25) is 9.59 Å². The zero-order valence-corrected chi connectivity index (χ0v) is 11.8. The Balaban J connectivity index is 2.38. The van der Waals surface area contributed by atoms with E-state index in [2.05, 4.69) is 0 Å². The van der Waals surface area contributed by atoms with Crippen molar-refractivity contribution >= 4 is 11.9 Å². The maximum Gasteiger partial charge on any atom is 0.318 e. The summed E-state index contributed by atoms with van der Waals surface area (Å²) in [5.74, 6) is -2.25. The minimum atomic E-state index is -0.855. The molecule has 1 aromatic carbocycles. The van der Waals surface area contributed by atoms with Crippen LogP contribution in [0.25, 0.3) is 0 Å². The number of carbonyl (C=O) groups excluding carboxylic acids is 2. The van der Waals surface area contributed by atoms with E-state index >= 15 is 0 Å². The Hall–Kier alpha value is -1.91. The highest BCUT2D eigenvalue weighted by Crippen LogP contribution is 2.37. The second kappa shape index (κ2) is 5.61. The summed E-state index contributed by atoms with van der Waals surface area (Å²) in [5.41, 5.74) is 0.787. The molecular weight excluding hydrogens is 261 g/mol. The molecule has 1 amide bonds. The summed E-state index contributed by atoms with van der Waals surface area (Å²) in [6.45, 7) is 1.93. The summed E-state index contributed by atoms with van der Waals surface area (Å²) in [7, 11) is 2.96. The minimum absolute atomic E-state index is 0.0264. The van der Waals surface area contributed by atoms with Crippen molar-refractivity contribution in [1.82, 2.24) is 4.90 Å². The summed E-state index contributed by atoms with van der Waals surface area (Å²) in [4.78, 5) is 25.8. The molecule has 1 fully saturated rings. The lowest BCUT2D eigenvalue weighted by Crippen LogP contribution is -2.50. The van der Waals surface area contributed by atoms with Gasteiger partial charge >= 0.3 is 5.97 Å². The van der Waals surface area contributed by atoms with Gasteiger partial charge in [-0.25, -0.2) is 4.39 Å². The van der Waals surface area contributed by atoms with Crippen molar-refractivity contribution in [3.63, 3.8) is 0 Å². The highest BCUT2D eigenvalue weighted by atomic mass is 19.1. The molecule has 1 aromatic rings. The van der Waals surface area contributed by atoms with Crippen LogP contribution >= 0.6 is 0 Å². The van der Waals surface area contributed by atoms with E-state index in [1.165, 1.54) is 19.2 Å². The van der Waals surface area contributed by atoms with E-state index in [-0.39, 0.29) is 23.7 Å². The van der Waals surface area contributed by atoms with E-state index in [1.54, 1.807) is 24.1 Å². The molecular formula is C15H18FNO3. The largest absolute Gasteiger partial charge is 0.468 e. The summed E-state index contributed by atoms with van der Waals surface area (Å²) in [6.07, 6.45) is 0.646. The van der Waals surface area contributed by atoms with Crippen molar-refractivity contribution in [2.45, 2.75) is 25.3 Å². The Morgan fingerprint density at radius 2 is 1.95 bits per heavy atom. The van der Waals surface area contributed by atoms with Gasteiger partial charge in [0, 0.05) is 19.0 Å². The Bertz CT molecular complexity index is 514. The molecule has 0 aromatic heterocycles. The number of methoxy groups -OCH3 is 1. The maximum absolute atomic E-state index is 13.0. The van der Waals surface area contributed by atoms with Crippen LogP contribution in [0.15, 0.2) is 24.3 Å². The van der Waals surface area contributed by atoms with E-state index < -0.39 is 11.9 Å². The lowest BCUT2D eigenvalue weighted by molar-refractivity contribution is -0.158. The minimum Gasteiger partial charge on any atom is -0.468 e. The number of carbonyl (C=O) groups is 2. The Morgan fingerprint density at radius 3 is 2.50 bits per heavy atom. The van der Waals surface area contributed by atoms with Gasteiger partial charge in [0.25, 0.3) is 0 Å². The predicted octanol–water partition coefficient (Wildman–Crippen LogP) is 1.95. The van der Waals surface area contributed by atoms with Crippen molar-refractivity contribution in [2.75, 3.05) is 14.2 Å². The monoisotopic (exact) mass is 279 g/mol. The number of hydrogen-bond donors (Lipinski definition) is 0. The van der Waals surface area contributed by atoms with Gasteiger partial charge in [0.1, 0.15) is 11.7 Å². The van der Waals surface area contributed by atoms with E-state index in [4.69, 9.17) is 4.74 Å². The van der Waals surface area contributed by atoms with Crippen LogP contribution < -0.4 is 0 Å². The molecule has 0 N–H and O–H groups in total. The lowest BCUT2D eigenvalue weighted by Gasteiger charge is -2.39. The van der Waals surface area contributed by atoms with Crippen LogP contribution in [0.3, 0.4) is 0 Å². The highest BCUT2D eigenvalue weighted by molar-refractivity contribution is 5.99. The number of hydrogen-bond acceptors (Lipinski definition) is 3. The predicted molar refractivity (Wildman–Crippen MR) is 71.5 cm³/mol. The zero-order valence-electron chi connectivity index (χ0n) is 11.8. The SMILES string of the molecule is COC(=O)[C@@H]1C(=O)N(C)C(C)C[C@H]1c1ccc(F)cc1. The number of benzene rings is 1. The first kappa shape index (κ1) is 14.5. The molecule has 5 heteroatoms. The number of likely N-dealkylation sites (tertiary alicyclic amines) is 1. The number of amides is 1. The smallest absolute Gasteiger partial charge is 0.318 e. The average Bonchev–Trinajstić information content (AvgIpc) is 2.44. The molecule has 20 heavy (non-hydrogen) atoms. The molecule has 1 unspecified atom stereocenters. The van der Waals surface area contributed by atoms with Crippen molar-refractivity contribution in [1.29, 1.82) is 0 Å². The van der Waals surface area contributed by atoms with Gasteiger partial charge in [-0.1, -0.05) is 12.1 Å². The Kier molecular flexibility index (Phi) is 4.06. The van der Waals surface area contributed by atoms with E-state index in [0.717, 1.165) is 5.56 Å². The van der Waals surface area contributed by atoms with Crippen LogP contribution in [-0.2, 0) is 14.3 Å². The molecule has 2 rings (SSSR count). The van der Waals surface area contributed by atoms with Crippen molar-refractivity contribution in [3.05, 3.63) is 35.6 Å². The fourth-order valence-electron chi connectivity index (χ4n) is 2.70. The fraction of sp³-hybridized carbons (Fsp3) is 0.467. The van der Waals surface area contributed by atoms with Gasteiger partial charge in [0.05, 0.1) is 7.11 Å². The Labute approximate surface area is 117 Å². The second-order valence-corrected chi connectivity index (χ2v) is 5.19. The third kappa shape index (κ3) is 2.53. The number of nitrogens with zero attached hydrogens (tertiary/aromatic N) is 1. The Morgan fingerprint density at radius 1 is 1.35 bits per heavy atom. The van der Waals surface area contributed by atoms with Gasteiger partial charge in [0.15, 0.2) is 0 Å². The first-order valence-electron chi connectivity index (χ1n) is 6.55. The first-order valence-corrected chi connectivity index (χ1v) is 6.55. The van der Waals surface area contributed by atoms with Gasteiger partial charge in [0.2, 0.25) is 5.91 Å². The van der Waals surface area contributed by atoms with Gasteiger partial charge in [-0.15, -0.1) is 0 Å². The summed E-state index contributed by atoms with van der Waals surface area (Å²) < 4.78 is 17.8. The fourth-order valence-corrected chi connectivity index (χ4v) is 2.70. The van der Waals surface area contributed by atoms with Gasteiger partial charge < -0.3 is 9.64 Å². The molecule has 108 valence electrons. The molecule has 3 atom stereocenters. The topological polar surface area (TPSA) is 46.6 Å². The third-order valence-electron chi connectivity index (χ3n) is 4.03. The van der Waals surface area contributed by atoms with Crippen LogP contribution in [0.4, 0.5) is 4.39 Å². The molecule has 0 spiro atoms. The quantitative estimate of drug-likeness (QED) is 0.614. The van der Waals surface area contributed by atoms with Crippen LogP contribution in [0.2, 0.25) is 0 Å². The van der Waals surface area contributed by atoms with E-state index in [0.29, 0.717) is 6.42 Å². The molecule has 1 heterocycles. The highest BCUT2D eigenvalue weighted by Gasteiger charge is 2.44.